The molecule has 0 spiro atoms. The van der Waals surface area contributed by atoms with Crippen molar-refractivity contribution in [2.24, 2.45) is 17.6 Å². The molecular weight excluding hydrogens is 248 g/mol. The van der Waals surface area contributed by atoms with Gasteiger partial charge in [-0.2, -0.15) is 0 Å². The monoisotopic (exact) mass is 272 g/mol. The molecule has 1 aromatic heterocycles. The van der Waals surface area contributed by atoms with Gasteiger partial charge in [0, 0.05) is 43.1 Å². The van der Waals surface area contributed by atoms with Gasteiger partial charge in [0.1, 0.15) is 5.82 Å². The van der Waals surface area contributed by atoms with Crippen molar-refractivity contribution >= 4 is 11.5 Å². The van der Waals surface area contributed by atoms with E-state index in [4.69, 9.17) is 5.73 Å². The lowest BCUT2D eigenvalue weighted by atomic mass is 9.95. The minimum atomic E-state index is 0.324. The van der Waals surface area contributed by atoms with Crippen LogP contribution in [0.4, 0.5) is 11.5 Å². The van der Waals surface area contributed by atoms with Crippen LogP contribution in [-0.4, -0.2) is 30.2 Å². The molecule has 3 aliphatic rings. The molecule has 108 valence electrons. The smallest absolute Gasteiger partial charge is 0.128 e. The molecule has 0 aromatic carbocycles. The van der Waals surface area contributed by atoms with Crippen molar-refractivity contribution in [1.82, 2.24) is 4.98 Å². The quantitative estimate of drug-likeness (QED) is 0.886. The lowest BCUT2D eigenvalue weighted by Crippen LogP contribution is -2.27. The Bertz CT molecular complexity index is 489. The second-order valence-electron chi connectivity index (χ2n) is 6.82. The van der Waals surface area contributed by atoms with Crippen molar-refractivity contribution in [2.45, 2.75) is 44.2 Å². The van der Waals surface area contributed by atoms with Gasteiger partial charge in [-0.15, -0.1) is 0 Å². The van der Waals surface area contributed by atoms with Gasteiger partial charge in [0.05, 0.1) is 0 Å². The molecule has 4 unspecified atom stereocenters. The molecular formula is C16H24N4. The average molecular weight is 272 g/mol. The Hall–Kier alpha value is -1.29. The van der Waals surface area contributed by atoms with Crippen LogP contribution in [0.3, 0.4) is 0 Å². The number of anilines is 2. The third-order valence-corrected chi connectivity index (χ3v) is 5.40. The first-order chi connectivity index (χ1) is 9.78. The predicted molar refractivity (Wildman–Crippen MR) is 81.9 cm³/mol. The van der Waals surface area contributed by atoms with Crippen LogP contribution in [0.1, 0.15) is 32.1 Å². The number of pyridine rings is 1. The Labute approximate surface area is 120 Å². The highest BCUT2D eigenvalue weighted by Crippen LogP contribution is 2.45. The molecule has 1 saturated heterocycles. The molecule has 2 saturated carbocycles. The Kier molecular flexibility index (Phi) is 3.06. The fourth-order valence-electron chi connectivity index (χ4n) is 4.33. The van der Waals surface area contributed by atoms with Gasteiger partial charge in [-0.3, -0.25) is 0 Å². The van der Waals surface area contributed by atoms with Crippen molar-refractivity contribution in [3.8, 4) is 0 Å². The van der Waals surface area contributed by atoms with E-state index in [0.29, 0.717) is 12.1 Å². The zero-order chi connectivity index (χ0) is 13.5. The van der Waals surface area contributed by atoms with Gasteiger partial charge in [0.25, 0.3) is 0 Å². The summed E-state index contributed by atoms with van der Waals surface area (Å²) >= 11 is 0. The standard InChI is InChI=1S/C16H24N4/c17-13-4-6-20(10-13)14-3-5-18-16(9-14)19-15-8-11-1-2-12(15)7-11/h3,5,9,11-13,15H,1-2,4,6-8,10,17H2,(H,18,19). The number of rotatable bonds is 3. The first kappa shape index (κ1) is 12.5. The van der Waals surface area contributed by atoms with Gasteiger partial charge in [-0.1, -0.05) is 6.42 Å². The maximum absolute atomic E-state index is 6.00. The molecule has 4 atom stereocenters. The number of nitrogens with one attached hydrogen (secondary N) is 1. The first-order valence-corrected chi connectivity index (χ1v) is 8.01. The lowest BCUT2D eigenvalue weighted by molar-refractivity contribution is 0.439. The van der Waals surface area contributed by atoms with Gasteiger partial charge < -0.3 is 16.0 Å². The Morgan fingerprint density at radius 1 is 1.25 bits per heavy atom. The van der Waals surface area contributed by atoms with Crippen molar-refractivity contribution in [3.63, 3.8) is 0 Å². The molecule has 4 heteroatoms. The summed E-state index contributed by atoms with van der Waals surface area (Å²) < 4.78 is 0. The van der Waals surface area contributed by atoms with E-state index in [1.54, 1.807) is 0 Å². The lowest BCUT2D eigenvalue weighted by Gasteiger charge is -2.24. The predicted octanol–water partition coefficient (Wildman–Crippen LogP) is 2.22. The summed E-state index contributed by atoms with van der Waals surface area (Å²) in [6, 6.07) is 5.27. The van der Waals surface area contributed by atoms with Crippen LogP contribution < -0.4 is 16.0 Å². The molecule has 4 rings (SSSR count). The zero-order valence-electron chi connectivity index (χ0n) is 12.0. The van der Waals surface area contributed by atoms with Crippen LogP contribution >= 0.6 is 0 Å². The number of hydrogen-bond donors (Lipinski definition) is 2. The molecule has 0 amide bonds. The molecule has 2 aliphatic carbocycles. The van der Waals surface area contributed by atoms with Gasteiger partial charge >= 0.3 is 0 Å². The summed E-state index contributed by atoms with van der Waals surface area (Å²) in [5.74, 6) is 2.89. The largest absolute Gasteiger partial charge is 0.370 e. The highest BCUT2D eigenvalue weighted by atomic mass is 15.2. The van der Waals surface area contributed by atoms with E-state index >= 15 is 0 Å². The molecule has 3 N–H and O–H groups in total. The summed E-state index contributed by atoms with van der Waals surface area (Å²) in [7, 11) is 0. The number of nitrogens with zero attached hydrogens (tertiary/aromatic N) is 2. The molecule has 2 heterocycles. The fourth-order valence-corrected chi connectivity index (χ4v) is 4.33. The summed E-state index contributed by atoms with van der Waals surface area (Å²) in [6.45, 7) is 2.04. The maximum Gasteiger partial charge on any atom is 0.128 e. The number of hydrogen-bond acceptors (Lipinski definition) is 4. The molecule has 20 heavy (non-hydrogen) atoms. The molecule has 1 aliphatic heterocycles. The van der Waals surface area contributed by atoms with E-state index in [2.05, 4.69) is 27.3 Å². The summed E-state index contributed by atoms with van der Waals surface area (Å²) in [6.07, 6.45) is 8.64. The Balaban J connectivity index is 1.46. The number of nitrogens with two attached hydrogens (primary N) is 1. The van der Waals surface area contributed by atoms with Crippen LogP contribution in [0.15, 0.2) is 18.3 Å². The Morgan fingerprint density at radius 3 is 2.90 bits per heavy atom. The van der Waals surface area contributed by atoms with E-state index < -0.39 is 0 Å². The summed E-state index contributed by atoms with van der Waals surface area (Å²) in [5.41, 5.74) is 7.26. The summed E-state index contributed by atoms with van der Waals surface area (Å²) in [5, 5.41) is 3.68. The van der Waals surface area contributed by atoms with Crippen molar-refractivity contribution in [2.75, 3.05) is 23.3 Å². The fraction of sp³-hybridized carbons (Fsp3) is 0.688. The van der Waals surface area contributed by atoms with Gasteiger partial charge in [-0.25, -0.2) is 4.98 Å². The molecule has 3 fully saturated rings. The van der Waals surface area contributed by atoms with Crippen LogP contribution in [-0.2, 0) is 0 Å². The molecule has 2 bridgehead atoms. The van der Waals surface area contributed by atoms with E-state index in [9.17, 15) is 0 Å². The van der Waals surface area contributed by atoms with Gasteiger partial charge in [0.2, 0.25) is 0 Å². The highest BCUT2D eigenvalue weighted by Gasteiger charge is 2.39. The third-order valence-electron chi connectivity index (χ3n) is 5.40. The highest BCUT2D eigenvalue weighted by molar-refractivity contribution is 5.55. The van der Waals surface area contributed by atoms with Gasteiger partial charge in [-0.05, 0) is 43.6 Å². The average Bonchev–Trinajstić information content (AvgIpc) is 3.15. The SMILES string of the molecule is NC1CCN(c2ccnc(NC3CC4CCC3C4)c2)C1. The van der Waals surface area contributed by atoms with Crippen LogP contribution in [0.2, 0.25) is 0 Å². The van der Waals surface area contributed by atoms with E-state index in [0.717, 1.165) is 37.2 Å². The first-order valence-electron chi connectivity index (χ1n) is 8.01. The minimum Gasteiger partial charge on any atom is -0.370 e. The van der Waals surface area contributed by atoms with Crippen molar-refractivity contribution < 1.29 is 0 Å². The van der Waals surface area contributed by atoms with E-state index in [1.807, 2.05) is 6.20 Å². The van der Waals surface area contributed by atoms with Crippen molar-refractivity contribution in [1.29, 1.82) is 0 Å². The van der Waals surface area contributed by atoms with Crippen molar-refractivity contribution in [3.05, 3.63) is 18.3 Å². The molecule has 4 nitrogen and oxygen atoms in total. The second-order valence-corrected chi connectivity index (χ2v) is 6.82. The van der Waals surface area contributed by atoms with Gasteiger partial charge in [0.15, 0.2) is 0 Å². The van der Waals surface area contributed by atoms with Crippen LogP contribution in [0, 0.1) is 11.8 Å². The topological polar surface area (TPSA) is 54.2 Å². The minimum absolute atomic E-state index is 0.324. The van der Waals surface area contributed by atoms with Crippen LogP contribution in [0.5, 0.6) is 0 Å². The molecule has 0 radical (unpaired) electrons. The molecule has 1 aromatic rings. The third kappa shape index (κ3) is 2.26. The normalized spacial score (nSPS) is 35.8. The second kappa shape index (κ2) is 4.92. The maximum atomic E-state index is 6.00. The zero-order valence-corrected chi connectivity index (χ0v) is 12.0. The van der Waals surface area contributed by atoms with E-state index in [1.165, 1.54) is 31.4 Å². The summed E-state index contributed by atoms with van der Waals surface area (Å²) in [4.78, 5) is 6.88. The number of aromatic nitrogens is 1. The number of fused-ring (bicyclic) bond motifs is 2. The van der Waals surface area contributed by atoms with E-state index in [-0.39, 0.29) is 0 Å². The van der Waals surface area contributed by atoms with Crippen LogP contribution in [0.25, 0.3) is 0 Å². The Morgan fingerprint density at radius 2 is 2.20 bits per heavy atom.